The fraction of sp³-hybridized carbons (Fsp3) is 0.625. The van der Waals surface area contributed by atoms with E-state index in [0.717, 1.165) is 12.1 Å². The molecule has 0 radical (unpaired) electrons. The van der Waals surface area contributed by atoms with Crippen LogP contribution in [0.2, 0.25) is 0 Å². The van der Waals surface area contributed by atoms with Gasteiger partial charge >= 0.3 is 0 Å². The van der Waals surface area contributed by atoms with Crippen LogP contribution in [0, 0.1) is 0 Å². The predicted octanol–water partition coefficient (Wildman–Crippen LogP) is 2.91. The molecule has 1 aromatic rings. The van der Waals surface area contributed by atoms with Gasteiger partial charge in [-0.25, -0.2) is 0 Å². The Morgan fingerprint density at radius 3 is 2.63 bits per heavy atom. The van der Waals surface area contributed by atoms with Crippen LogP contribution in [0.25, 0.3) is 0 Å². The Morgan fingerprint density at radius 1 is 1.26 bits per heavy atom. The summed E-state index contributed by atoms with van der Waals surface area (Å²) >= 11 is 0. The number of hydrogen-bond acceptors (Lipinski definition) is 3. The number of rotatable bonds is 5. The second-order valence-corrected chi connectivity index (χ2v) is 5.74. The molecule has 1 unspecified atom stereocenters. The number of benzene rings is 1. The highest BCUT2D eigenvalue weighted by Gasteiger charge is 2.22. The van der Waals surface area contributed by atoms with Gasteiger partial charge in [0.2, 0.25) is 0 Å². The van der Waals surface area contributed by atoms with E-state index in [1.165, 1.54) is 32.1 Å². The molecule has 0 heterocycles. The number of aliphatic hydroxyl groups is 1. The number of nitrogens with zero attached hydrogens (tertiary/aromatic N) is 1. The zero-order valence-corrected chi connectivity index (χ0v) is 11.8. The molecule has 1 atom stereocenters. The van der Waals surface area contributed by atoms with Crippen LogP contribution >= 0.6 is 0 Å². The maximum atomic E-state index is 9.69. The second-order valence-electron chi connectivity index (χ2n) is 5.74. The maximum Gasteiger partial charge on any atom is 0.115 e. The molecule has 0 aromatic heterocycles. The molecule has 0 aliphatic heterocycles. The predicted molar refractivity (Wildman–Crippen MR) is 77.1 cm³/mol. The Bertz CT molecular complexity index is 386. The summed E-state index contributed by atoms with van der Waals surface area (Å²) in [6, 6.07) is 8.01. The molecule has 1 aliphatic carbocycles. The first-order chi connectivity index (χ1) is 9.15. The summed E-state index contributed by atoms with van der Waals surface area (Å²) in [5.41, 5.74) is 1.12. The SMILES string of the molecule is CC(O)CN(Cc1cccc(O)c1)C1CCCCC1. The van der Waals surface area contributed by atoms with E-state index in [0.29, 0.717) is 18.3 Å². The summed E-state index contributed by atoms with van der Waals surface area (Å²) in [5.74, 6) is 0.318. The minimum Gasteiger partial charge on any atom is -0.508 e. The van der Waals surface area contributed by atoms with E-state index in [9.17, 15) is 10.2 Å². The van der Waals surface area contributed by atoms with E-state index in [1.807, 2.05) is 25.1 Å². The van der Waals surface area contributed by atoms with Crippen molar-refractivity contribution in [1.29, 1.82) is 0 Å². The van der Waals surface area contributed by atoms with E-state index >= 15 is 0 Å². The van der Waals surface area contributed by atoms with Gasteiger partial charge in [-0.1, -0.05) is 31.4 Å². The molecule has 1 fully saturated rings. The number of hydrogen-bond donors (Lipinski definition) is 2. The van der Waals surface area contributed by atoms with Gasteiger partial charge in [0.1, 0.15) is 5.75 Å². The Hall–Kier alpha value is -1.06. The minimum absolute atomic E-state index is 0.306. The van der Waals surface area contributed by atoms with Gasteiger partial charge in [-0.05, 0) is 37.5 Å². The van der Waals surface area contributed by atoms with Crippen molar-refractivity contribution < 1.29 is 10.2 Å². The largest absolute Gasteiger partial charge is 0.508 e. The van der Waals surface area contributed by atoms with Crippen LogP contribution < -0.4 is 0 Å². The molecule has 0 spiro atoms. The second kappa shape index (κ2) is 6.92. The fourth-order valence-electron chi connectivity index (χ4n) is 3.02. The quantitative estimate of drug-likeness (QED) is 0.858. The third-order valence-corrected chi connectivity index (χ3v) is 3.89. The highest BCUT2D eigenvalue weighted by Crippen LogP contribution is 2.25. The molecule has 3 nitrogen and oxygen atoms in total. The Kier molecular flexibility index (Phi) is 5.23. The highest BCUT2D eigenvalue weighted by molar-refractivity contribution is 5.27. The Morgan fingerprint density at radius 2 is 2.00 bits per heavy atom. The first-order valence-corrected chi connectivity index (χ1v) is 7.35. The molecule has 3 heteroatoms. The molecule has 1 saturated carbocycles. The summed E-state index contributed by atoms with van der Waals surface area (Å²) in [4.78, 5) is 2.37. The van der Waals surface area contributed by atoms with E-state index in [-0.39, 0.29) is 6.10 Å². The van der Waals surface area contributed by atoms with Crippen molar-refractivity contribution in [3.63, 3.8) is 0 Å². The van der Waals surface area contributed by atoms with Crippen molar-refractivity contribution >= 4 is 0 Å². The molecule has 0 amide bonds. The van der Waals surface area contributed by atoms with Gasteiger partial charge in [0.15, 0.2) is 0 Å². The van der Waals surface area contributed by atoms with Gasteiger partial charge < -0.3 is 10.2 Å². The van der Waals surface area contributed by atoms with Gasteiger partial charge in [-0.3, -0.25) is 4.90 Å². The van der Waals surface area contributed by atoms with Crippen LogP contribution in [-0.4, -0.2) is 33.8 Å². The number of phenolic OH excluding ortho intramolecular Hbond substituents is 1. The normalized spacial score (nSPS) is 18.7. The summed E-state index contributed by atoms with van der Waals surface area (Å²) in [5, 5.41) is 19.2. The standard InChI is InChI=1S/C16H25NO2/c1-13(18)11-17(15-7-3-2-4-8-15)12-14-6-5-9-16(19)10-14/h5-6,9-10,13,15,18-19H,2-4,7-8,11-12H2,1H3. The van der Waals surface area contributed by atoms with E-state index in [1.54, 1.807) is 6.07 Å². The lowest BCUT2D eigenvalue weighted by molar-refractivity contribution is 0.0768. The third-order valence-electron chi connectivity index (χ3n) is 3.89. The van der Waals surface area contributed by atoms with Crippen LogP contribution in [0.15, 0.2) is 24.3 Å². The molecule has 2 rings (SSSR count). The van der Waals surface area contributed by atoms with Crippen LogP contribution in [0.1, 0.15) is 44.6 Å². The van der Waals surface area contributed by atoms with E-state index < -0.39 is 0 Å². The zero-order valence-electron chi connectivity index (χ0n) is 11.8. The molecule has 1 aliphatic rings. The average molecular weight is 263 g/mol. The highest BCUT2D eigenvalue weighted by atomic mass is 16.3. The van der Waals surface area contributed by atoms with Crippen molar-refractivity contribution in [2.75, 3.05) is 6.54 Å². The van der Waals surface area contributed by atoms with Gasteiger partial charge in [0.25, 0.3) is 0 Å². The van der Waals surface area contributed by atoms with Crippen LogP contribution in [0.3, 0.4) is 0 Å². The Labute approximate surface area is 115 Å². The summed E-state index contributed by atoms with van der Waals surface area (Å²) in [6.07, 6.45) is 6.07. The molecule has 0 bridgehead atoms. The number of aliphatic hydroxyl groups excluding tert-OH is 1. The summed E-state index contributed by atoms with van der Waals surface area (Å²) < 4.78 is 0. The molecule has 2 N–H and O–H groups in total. The first kappa shape index (κ1) is 14.4. The monoisotopic (exact) mass is 263 g/mol. The van der Waals surface area contributed by atoms with Crippen molar-refractivity contribution in [2.24, 2.45) is 0 Å². The van der Waals surface area contributed by atoms with Crippen LogP contribution in [0.4, 0.5) is 0 Å². The minimum atomic E-state index is -0.306. The van der Waals surface area contributed by atoms with E-state index in [2.05, 4.69) is 4.90 Å². The Balaban J connectivity index is 2.04. The molecular formula is C16H25NO2. The van der Waals surface area contributed by atoms with Gasteiger partial charge in [0.05, 0.1) is 6.10 Å². The van der Waals surface area contributed by atoms with Crippen molar-refractivity contribution in [2.45, 2.75) is 57.7 Å². The topological polar surface area (TPSA) is 43.7 Å². The molecule has 0 saturated heterocycles. The lowest BCUT2D eigenvalue weighted by Crippen LogP contribution is -2.40. The van der Waals surface area contributed by atoms with Gasteiger partial charge in [0, 0.05) is 19.1 Å². The van der Waals surface area contributed by atoms with Crippen molar-refractivity contribution in [3.8, 4) is 5.75 Å². The average Bonchev–Trinajstić information content (AvgIpc) is 2.38. The fourth-order valence-corrected chi connectivity index (χ4v) is 3.02. The van der Waals surface area contributed by atoms with E-state index in [4.69, 9.17) is 0 Å². The van der Waals surface area contributed by atoms with Crippen LogP contribution in [-0.2, 0) is 6.54 Å². The van der Waals surface area contributed by atoms with Gasteiger partial charge in [-0.15, -0.1) is 0 Å². The van der Waals surface area contributed by atoms with Crippen molar-refractivity contribution in [1.82, 2.24) is 4.90 Å². The van der Waals surface area contributed by atoms with Gasteiger partial charge in [-0.2, -0.15) is 0 Å². The first-order valence-electron chi connectivity index (χ1n) is 7.35. The maximum absolute atomic E-state index is 9.69. The third kappa shape index (κ3) is 4.51. The lowest BCUT2D eigenvalue weighted by Gasteiger charge is -2.35. The lowest BCUT2D eigenvalue weighted by atomic mass is 9.93. The van der Waals surface area contributed by atoms with Crippen LogP contribution in [0.5, 0.6) is 5.75 Å². The summed E-state index contributed by atoms with van der Waals surface area (Å²) in [6.45, 7) is 3.36. The molecule has 19 heavy (non-hydrogen) atoms. The zero-order chi connectivity index (χ0) is 13.7. The number of phenols is 1. The molecule has 106 valence electrons. The smallest absolute Gasteiger partial charge is 0.115 e. The number of aromatic hydroxyl groups is 1. The summed E-state index contributed by atoms with van der Waals surface area (Å²) in [7, 11) is 0. The molecule has 1 aromatic carbocycles. The molecular weight excluding hydrogens is 238 g/mol. The van der Waals surface area contributed by atoms with Crippen molar-refractivity contribution in [3.05, 3.63) is 29.8 Å².